The molecule has 0 spiro atoms. The molecule has 1 aromatic rings. The Morgan fingerprint density at radius 1 is 1.17 bits per heavy atom. The molecule has 2 unspecified atom stereocenters. The van der Waals surface area contributed by atoms with Crippen molar-refractivity contribution in [3.63, 3.8) is 0 Å². The van der Waals surface area contributed by atoms with Crippen molar-refractivity contribution in [2.24, 2.45) is 11.8 Å². The molecule has 2 nitrogen and oxygen atoms in total. The van der Waals surface area contributed by atoms with E-state index >= 15 is 0 Å². The second-order valence-electron chi connectivity index (χ2n) is 5.91. The van der Waals surface area contributed by atoms with Crippen LogP contribution >= 0.6 is 0 Å². The van der Waals surface area contributed by atoms with Gasteiger partial charge < -0.3 is 9.84 Å². The van der Waals surface area contributed by atoms with Crippen molar-refractivity contribution in [3.8, 4) is 5.75 Å². The quantitative estimate of drug-likeness (QED) is 0.877. The Morgan fingerprint density at radius 2 is 1.83 bits per heavy atom. The minimum absolute atomic E-state index is 0.327. The van der Waals surface area contributed by atoms with Crippen LogP contribution in [-0.4, -0.2) is 11.2 Å². The van der Waals surface area contributed by atoms with Gasteiger partial charge in [0.1, 0.15) is 5.75 Å². The third-order valence-corrected chi connectivity index (χ3v) is 3.78. The first-order valence-electron chi connectivity index (χ1n) is 6.99. The van der Waals surface area contributed by atoms with E-state index in [4.69, 9.17) is 4.74 Å². The molecule has 2 rings (SSSR count). The van der Waals surface area contributed by atoms with Gasteiger partial charge in [-0.2, -0.15) is 0 Å². The summed E-state index contributed by atoms with van der Waals surface area (Å²) in [5.74, 6) is 2.39. The Morgan fingerprint density at radius 3 is 2.44 bits per heavy atom. The zero-order valence-electron chi connectivity index (χ0n) is 11.6. The van der Waals surface area contributed by atoms with Crippen LogP contribution in [0.3, 0.4) is 0 Å². The molecule has 0 saturated heterocycles. The second kappa shape index (κ2) is 5.75. The minimum Gasteiger partial charge on any atom is -0.490 e. The van der Waals surface area contributed by atoms with Crippen LogP contribution in [0.1, 0.15) is 51.7 Å². The van der Waals surface area contributed by atoms with Crippen molar-refractivity contribution < 1.29 is 9.84 Å². The summed E-state index contributed by atoms with van der Waals surface area (Å²) in [5.41, 5.74) is 0.921. The Kier molecular flexibility index (Phi) is 4.28. The van der Waals surface area contributed by atoms with Gasteiger partial charge in [0.2, 0.25) is 0 Å². The highest BCUT2D eigenvalue weighted by atomic mass is 16.5. The van der Waals surface area contributed by atoms with E-state index in [0.29, 0.717) is 6.10 Å². The summed E-state index contributed by atoms with van der Waals surface area (Å²) in [6.07, 6.45) is 3.49. The van der Waals surface area contributed by atoms with Gasteiger partial charge in [-0.25, -0.2) is 0 Å². The summed E-state index contributed by atoms with van der Waals surface area (Å²) in [7, 11) is 0. The van der Waals surface area contributed by atoms with Crippen LogP contribution < -0.4 is 4.74 Å². The SMILES string of the molecule is CC1CC(C)CC(Oc2cccc([C@H](C)O)c2)C1. The predicted molar refractivity (Wildman–Crippen MR) is 73.7 cm³/mol. The zero-order chi connectivity index (χ0) is 13.1. The zero-order valence-corrected chi connectivity index (χ0v) is 11.6. The van der Waals surface area contributed by atoms with Crippen molar-refractivity contribution in [1.29, 1.82) is 0 Å². The maximum Gasteiger partial charge on any atom is 0.120 e. The molecular weight excluding hydrogens is 224 g/mol. The fourth-order valence-corrected chi connectivity index (χ4v) is 3.01. The number of hydrogen-bond donors (Lipinski definition) is 1. The van der Waals surface area contributed by atoms with Gasteiger partial charge in [0, 0.05) is 0 Å². The van der Waals surface area contributed by atoms with E-state index in [-0.39, 0.29) is 0 Å². The lowest BCUT2D eigenvalue weighted by atomic mass is 9.82. The fraction of sp³-hybridized carbons (Fsp3) is 0.625. The molecule has 100 valence electrons. The molecule has 1 saturated carbocycles. The molecule has 0 amide bonds. The maximum absolute atomic E-state index is 9.58. The van der Waals surface area contributed by atoms with Gasteiger partial charge in [0.15, 0.2) is 0 Å². The van der Waals surface area contributed by atoms with E-state index in [1.54, 1.807) is 6.92 Å². The summed E-state index contributed by atoms with van der Waals surface area (Å²) in [6, 6.07) is 7.82. The van der Waals surface area contributed by atoms with Crippen molar-refractivity contribution >= 4 is 0 Å². The normalized spacial score (nSPS) is 29.9. The highest BCUT2D eigenvalue weighted by molar-refractivity contribution is 5.29. The van der Waals surface area contributed by atoms with Crippen molar-refractivity contribution in [2.75, 3.05) is 0 Å². The second-order valence-corrected chi connectivity index (χ2v) is 5.91. The van der Waals surface area contributed by atoms with Gasteiger partial charge in [0.05, 0.1) is 12.2 Å². The molecule has 3 atom stereocenters. The Labute approximate surface area is 110 Å². The molecule has 1 fully saturated rings. The molecule has 0 radical (unpaired) electrons. The lowest BCUT2D eigenvalue weighted by Gasteiger charge is -2.31. The average molecular weight is 248 g/mol. The van der Waals surface area contributed by atoms with Gasteiger partial charge in [-0.3, -0.25) is 0 Å². The summed E-state index contributed by atoms with van der Waals surface area (Å²) < 4.78 is 6.08. The number of rotatable bonds is 3. The van der Waals surface area contributed by atoms with Gasteiger partial charge in [0.25, 0.3) is 0 Å². The highest BCUT2D eigenvalue weighted by Gasteiger charge is 2.25. The van der Waals surface area contributed by atoms with E-state index in [9.17, 15) is 5.11 Å². The molecule has 0 heterocycles. The number of aliphatic hydroxyl groups is 1. The van der Waals surface area contributed by atoms with Gasteiger partial charge in [-0.1, -0.05) is 26.0 Å². The maximum atomic E-state index is 9.58. The van der Waals surface area contributed by atoms with Crippen molar-refractivity contribution in [1.82, 2.24) is 0 Å². The van der Waals surface area contributed by atoms with E-state index in [1.165, 1.54) is 6.42 Å². The van der Waals surface area contributed by atoms with E-state index in [2.05, 4.69) is 13.8 Å². The van der Waals surface area contributed by atoms with Crippen LogP contribution in [0, 0.1) is 11.8 Å². The Balaban J connectivity index is 2.02. The van der Waals surface area contributed by atoms with Crippen molar-refractivity contribution in [2.45, 2.75) is 52.2 Å². The third kappa shape index (κ3) is 3.49. The molecule has 2 heteroatoms. The topological polar surface area (TPSA) is 29.5 Å². The fourth-order valence-electron chi connectivity index (χ4n) is 3.01. The summed E-state index contributed by atoms with van der Waals surface area (Å²) >= 11 is 0. The molecule has 18 heavy (non-hydrogen) atoms. The van der Waals surface area contributed by atoms with Gasteiger partial charge in [-0.15, -0.1) is 0 Å². The summed E-state index contributed by atoms with van der Waals surface area (Å²) in [6.45, 7) is 6.39. The van der Waals surface area contributed by atoms with Crippen LogP contribution in [0.2, 0.25) is 0 Å². The lowest BCUT2D eigenvalue weighted by molar-refractivity contribution is 0.101. The van der Waals surface area contributed by atoms with Gasteiger partial charge in [-0.05, 0) is 55.7 Å². The first kappa shape index (κ1) is 13.4. The smallest absolute Gasteiger partial charge is 0.120 e. The third-order valence-electron chi connectivity index (χ3n) is 3.78. The van der Waals surface area contributed by atoms with Crippen LogP contribution in [-0.2, 0) is 0 Å². The van der Waals surface area contributed by atoms with Crippen LogP contribution in [0.25, 0.3) is 0 Å². The summed E-state index contributed by atoms with van der Waals surface area (Å²) in [4.78, 5) is 0. The highest BCUT2D eigenvalue weighted by Crippen LogP contribution is 2.31. The molecule has 1 N–H and O–H groups in total. The molecule has 0 aromatic heterocycles. The molecule has 1 aliphatic rings. The molecule has 1 aliphatic carbocycles. The number of aliphatic hydroxyl groups excluding tert-OH is 1. The first-order chi connectivity index (χ1) is 8.54. The average Bonchev–Trinajstić information content (AvgIpc) is 2.27. The van der Waals surface area contributed by atoms with Gasteiger partial charge >= 0.3 is 0 Å². The Bertz CT molecular complexity index is 376. The number of hydrogen-bond acceptors (Lipinski definition) is 2. The molecular formula is C16H24O2. The van der Waals surface area contributed by atoms with E-state index < -0.39 is 6.10 Å². The largest absolute Gasteiger partial charge is 0.490 e. The Hall–Kier alpha value is -1.02. The lowest BCUT2D eigenvalue weighted by Crippen LogP contribution is -2.28. The monoisotopic (exact) mass is 248 g/mol. The number of benzene rings is 1. The minimum atomic E-state index is -0.433. The van der Waals surface area contributed by atoms with Crippen molar-refractivity contribution in [3.05, 3.63) is 29.8 Å². The molecule has 1 aromatic carbocycles. The van der Waals surface area contributed by atoms with E-state index in [0.717, 1.165) is 36.0 Å². The summed E-state index contributed by atoms with van der Waals surface area (Å²) in [5, 5.41) is 9.58. The number of ether oxygens (including phenoxy) is 1. The molecule has 0 aliphatic heterocycles. The predicted octanol–water partition coefficient (Wildman–Crippen LogP) is 3.94. The van der Waals surface area contributed by atoms with Crippen LogP contribution in [0.15, 0.2) is 24.3 Å². The standard InChI is InChI=1S/C16H24O2/c1-11-7-12(2)9-16(8-11)18-15-6-4-5-14(10-15)13(3)17/h4-6,10-13,16-17H,7-9H2,1-3H3/t11?,12?,13-,16?/m0/s1. The first-order valence-corrected chi connectivity index (χ1v) is 6.99. The molecule has 0 bridgehead atoms. The van der Waals surface area contributed by atoms with Crippen LogP contribution in [0.4, 0.5) is 0 Å². The van der Waals surface area contributed by atoms with E-state index in [1.807, 2.05) is 24.3 Å². The van der Waals surface area contributed by atoms with Crippen LogP contribution in [0.5, 0.6) is 5.75 Å².